The summed E-state index contributed by atoms with van der Waals surface area (Å²) in [4.78, 5) is 19.7. The Kier molecular flexibility index (Phi) is 2.35. The highest BCUT2D eigenvalue weighted by atomic mass is 32.1. The van der Waals surface area contributed by atoms with Gasteiger partial charge in [0.1, 0.15) is 4.83 Å². The molecule has 0 aliphatic heterocycles. The SMILES string of the molecule is Cc1cc(C)c2c(n1)sc1c2[nH]c2cccc([N+](=O)[O-])c21. The molecule has 4 rings (SSSR count). The molecule has 21 heavy (non-hydrogen) atoms. The second-order valence-corrected chi connectivity index (χ2v) is 6.15. The predicted molar refractivity (Wildman–Crippen MR) is 85.1 cm³/mol. The molecule has 0 aliphatic carbocycles. The van der Waals surface area contributed by atoms with Crippen LogP contribution in [0, 0.1) is 24.0 Å². The number of nitrogens with one attached hydrogen (secondary N) is 1. The minimum atomic E-state index is -0.328. The van der Waals surface area contributed by atoms with Crippen molar-refractivity contribution in [1.82, 2.24) is 9.97 Å². The van der Waals surface area contributed by atoms with Crippen molar-refractivity contribution in [3.8, 4) is 0 Å². The number of fused-ring (bicyclic) bond motifs is 5. The van der Waals surface area contributed by atoms with E-state index >= 15 is 0 Å². The van der Waals surface area contributed by atoms with Gasteiger partial charge in [-0.3, -0.25) is 10.1 Å². The van der Waals surface area contributed by atoms with Crippen LogP contribution in [0.1, 0.15) is 11.3 Å². The van der Waals surface area contributed by atoms with E-state index < -0.39 is 0 Å². The third-order valence-electron chi connectivity index (χ3n) is 3.71. The van der Waals surface area contributed by atoms with Gasteiger partial charge in [-0.25, -0.2) is 4.98 Å². The van der Waals surface area contributed by atoms with E-state index in [0.717, 1.165) is 37.2 Å². The van der Waals surface area contributed by atoms with Crippen LogP contribution < -0.4 is 0 Å². The van der Waals surface area contributed by atoms with Crippen LogP contribution in [-0.2, 0) is 0 Å². The number of aromatic amines is 1. The molecule has 104 valence electrons. The lowest BCUT2D eigenvalue weighted by Crippen LogP contribution is -1.87. The standard InChI is InChI=1S/C15H11N3O2S/c1-7-6-8(2)16-15-11(7)13-14(21-15)12-9(17-13)4-3-5-10(12)18(19)20/h3-6,17H,1-2H3. The number of nitrogens with zero attached hydrogens (tertiary/aromatic N) is 2. The number of nitro benzene ring substituents is 1. The molecule has 6 heteroatoms. The number of hydrogen-bond acceptors (Lipinski definition) is 4. The Hall–Kier alpha value is -2.47. The van der Waals surface area contributed by atoms with E-state index in [1.54, 1.807) is 12.1 Å². The molecule has 3 heterocycles. The van der Waals surface area contributed by atoms with Gasteiger partial charge in [-0.1, -0.05) is 6.07 Å². The highest BCUT2D eigenvalue weighted by Crippen LogP contribution is 2.42. The Bertz CT molecular complexity index is 1050. The fraction of sp³-hybridized carbons (Fsp3) is 0.133. The highest BCUT2D eigenvalue weighted by molar-refractivity contribution is 7.26. The molecule has 0 saturated carbocycles. The summed E-state index contributed by atoms with van der Waals surface area (Å²) in [5.41, 5.74) is 3.98. The Morgan fingerprint density at radius 2 is 2.10 bits per heavy atom. The normalized spacial score (nSPS) is 11.7. The third kappa shape index (κ3) is 1.59. The van der Waals surface area contributed by atoms with E-state index in [0.29, 0.717) is 5.39 Å². The van der Waals surface area contributed by atoms with Gasteiger partial charge in [0.2, 0.25) is 0 Å². The Labute approximate surface area is 123 Å². The van der Waals surface area contributed by atoms with E-state index in [1.165, 1.54) is 11.3 Å². The van der Waals surface area contributed by atoms with Crippen molar-refractivity contribution < 1.29 is 4.92 Å². The van der Waals surface area contributed by atoms with Gasteiger partial charge in [-0.2, -0.15) is 0 Å². The third-order valence-corrected chi connectivity index (χ3v) is 4.81. The first-order chi connectivity index (χ1) is 10.1. The maximum atomic E-state index is 11.3. The lowest BCUT2D eigenvalue weighted by molar-refractivity contribution is -0.383. The van der Waals surface area contributed by atoms with E-state index in [2.05, 4.69) is 9.97 Å². The number of benzene rings is 1. The second kappa shape index (κ2) is 4.02. The number of hydrogen-bond donors (Lipinski definition) is 1. The Morgan fingerprint density at radius 1 is 1.29 bits per heavy atom. The van der Waals surface area contributed by atoms with Gasteiger partial charge >= 0.3 is 0 Å². The minimum Gasteiger partial charge on any atom is -0.353 e. The Morgan fingerprint density at radius 3 is 2.86 bits per heavy atom. The van der Waals surface area contributed by atoms with Gasteiger partial charge in [0.25, 0.3) is 5.69 Å². The molecule has 0 spiro atoms. The monoisotopic (exact) mass is 297 g/mol. The molecule has 4 aromatic rings. The van der Waals surface area contributed by atoms with E-state index in [9.17, 15) is 10.1 Å². The first kappa shape index (κ1) is 12.3. The molecular weight excluding hydrogens is 286 g/mol. The van der Waals surface area contributed by atoms with Crippen molar-refractivity contribution in [2.75, 3.05) is 0 Å². The van der Waals surface area contributed by atoms with Crippen LogP contribution in [0.5, 0.6) is 0 Å². The van der Waals surface area contributed by atoms with E-state index in [4.69, 9.17) is 0 Å². The molecule has 1 N–H and O–H groups in total. The zero-order valence-electron chi connectivity index (χ0n) is 11.4. The van der Waals surface area contributed by atoms with Crippen LogP contribution in [0.3, 0.4) is 0 Å². The smallest absolute Gasteiger partial charge is 0.280 e. The summed E-state index contributed by atoms with van der Waals surface area (Å²) in [7, 11) is 0. The Balaban J connectivity index is 2.27. The van der Waals surface area contributed by atoms with Crippen molar-refractivity contribution in [3.63, 3.8) is 0 Å². The lowest BCUT2D eigenvalue weighted by atomic mass is 10.1. The zero-order valence-corrected chi connectivity index (χ0v) is 12.2. The molecule has 0 bridgehead atoms. The molecule has 0 aliphatic rings. The fourth-order valence-corrected chi connectivity index (χ4v) is 4.23. The van der Waals surface area contributed by atoms with Crippen molar-refractivity contribution in [2.45, 2.75) is 13.8 Å². The molecule has 0 fully saturated rings. The number of nitro groups is 1. The summed E-state index contributed by atoms with van der Waals surface area (Å²) in [6.45, 7) is 4.00. The average Bonchev–Trinajstić information content (AvgIpc) is 2.92. The van der Waals surface area contributed by atoms with Gasteiger partial charge in [0.05, 0.1) is 26.0 Å². The van der Waals surface area contributed by atoms with Crippen molar-refractivity contribution in [2.24, 2.45) is 0 Å². The second-order valence-electron chi connectivity index (χ2n) is 5.15. The predicted octanol–water partition coefficient (Wildman–Crippen LogP) is 4.46. The first-order valence-electron chi connectivity index (χ1n) is 6.52. The molecule has 1 aromatic carbocycles. The van der Waals surface area contributed by atoms with Crippen LogP contribution in [-0.4, -0.2) is 14.9 Å². The van der Waals surface area contributed by atoms with Crippen LogP contribution >= 0.6 is 11.3 Å². The number of thiophene rings is 1. The summed E-state index contributed by atoms with van der Waals surface area (Å²) in [6.07, 6.45) is 0. The maximum Gasteiger partial charge on any atom is 0.280 e. The van der Waals surface area contributed by atoms with Gasteiger partial charge in [0, 0.05) is 17.1 Å². The van der Waals surface area contributed by atoms with E-state index in [-0.39, 0.29) is 10.6 Å². The summed E-state index contributed by atoms with van der Waals surface area (Å²) < 4.78 is 0.911. The highest BCUT2D eigenvalue weighted by Gasteiger charge is 2.20. The van der Waals surface area contributed by atoms with Gasteiger partial charge < -0.3 is 4.98 Å². The number of aromatic nitrogens is 2. The van der Waals surface area contributed by atoms with Gasteiger partial charge in [0.15, 0.2) is 0 Å². The fourth-order valence-electron chi connectivity index (χ4n) is 2.91. The molecule has 0 atom stereocenters. The molecule has 5 nitrogen and oxygen atoms in total. The van der Waals surface area contributed by atoms with Gasteiger partial charge in [-0.15, -0.1) is 11.3 Å². The van der Waals surface area contributed by atoms with Crippen LogP contribution in [0.2, 0.25) is 0 Å². The molecule has 0 radical (unpaired) electrons. The van der Waals surface area contributed by atoms with Crippen LogP contribution in [0.15, 0.2) is 24.3 Å². The van der Waals surface area contributed by atoms with Crippen molar-refractivity contribution >= 4 is 48.4 Å². The summed E-state index contributed by atoms with van der Waals surface area (Å²) >= 11 is 1.51. The largest absolute Gasteiger partial charge is 0.353 e. The molecular formula is C15H11N3O2S. The van der Waals surface area contributed by atoms with E-state index in [1.807, 2.05) is 26.0 Å². The molecule has 0 amide bonds. The number of aryl methyl sites for hydroxylation is 2. The molecule has 0 saturated heterocycles. The number of pyridine rings is 1. The van der Waals surface area contributed by atoms with Crippen molar-refractivity contribution in [1.29, 1.82) is 0 Å². The number of rotatable bonds is 1. The molecule has 3 aromatic heterocycles. The van der Waals surface area contributed by atoms with Crippen LogP contribution in [0.25, 0.3) is 31.3 Å². The zero-order chi connectivity index (χ0) is 14.7. The van der Waals surface area contributed by atoms with Crippen molar-refractivity contribution in [3.05, 3.63) is 45.6 Å². The lowest BCUT2D eigenvalue weighted by Gasteiger charge is -1.98. The van der Waals surface area contributed by atoms with Gasteiger partial charge in [-0.05, 0) is 31.5 Å². The summed E-state index contributed by atoms with van der Waals surface area (Å²) in [5, 5.41) is 13.0. The average molecular weight is 297 g/mol. The quantitative estimate of drug-likeness (QED) is 0.416. The summed E-state index contributed by atoms with van der Waals surface area (Å²) in [6, 6.07) is 7.16. The minimum absolute atomic E-state index is 0.139. The first-order valence-corrected chi connectivity index (χ1v) is 7.33. The number of non-ortho nitro benzene ring substituents is 1. The number of H-pyrrole nitrogens is 1. The molecule has 0 unspecified atom stereocenters. The topological polar surface area (TPSA) is 71.8 Å². The maximum absolute atomic E-state index is 11.3. The van der Waals surface area contributed by atoms with Crippen LogP contribution in [0.4, 0.5) is 5.69 Å². The summed E-state index contributed by atoms with van der Waals surface area (Å²) in [5.74, 6) is 0.